The number of carbonyl (C=O) groups excluding carboxylic acids is 2. The summed E-state index contributed by atoms with van der Waals surface area (Å²) in [6.07, 6.45) is 0. The highest BCUT2D eigenvalue weighted by Gasteiger charge is 2.15. The fourth-order valence-electron chi connectivity index (χ4n) is 2.25. The van der Waals surface area contributed by atoms with Gasteiger partial charge in [0.1, 0.15) is 6.04 Å². The summed E-state index contributed by atoms with van der Waals surface area (Å²) in [5, 5.41) is 14.0. The third-order valence-electron chi connectivity index (χ3n) is 3.85. The Morgan fingerprint density at radius 2 is 1.74 bits per heavy atom. The van der Waals surface area contributed by atoms with Crippen molar-refractivity contribution in [2.75, 3.05) is 11.1 Å². The average Bonchev–Trinajstić information content (AvgIpc) is 2.62. The molecule has 2 aromatic rings. The van der Waals surface area contributed by atoms with Gasteiger partial charge in [-0.1, -0.05) is 17.7 Å². The zero-order valence-corrected chi connectivity index (χ0v) is 16.2. The van der Waals surface area contributed by atoms with E-state index in [1.54, 1.807) is 12.1 Å². The molecule has 0 fully saturated rings. The minimum Gasteiger partial charge on any atom is -0.480 e. The van der Waals surface area contributed by atoms with Crippen molar-refractivity contribution >= 4 is 35.2 Å². The van der Waals surface area contributed by atoms with Gasteiger partial charge in [-0.3, -0.25) is 14.4 Å². The molecule has 3 N–H and O–H groups in total. The van der Waals surface area contributed by atoms with Gasteiger partial charge in [0.2, 0.25) is 5.91 Å². The number of carboxylic acid groups (broad SMARTS) is 1. The van der Waals surface area contributed by atoms with Crippen LogP contribution in [0.25, 0.3) is 0 Å². The normalized spacial score (nSPS) is 11.5. The van der Waals surface area contributed by atoms with Crippen LogP contribution in [0.5, 0.6) is 0 Å². The molecule has 0 saturated carbocycles. The molecule has 0 aliphatic rings. The van der Waals surface area contributed by atoms with Crippen molar-refractivity contribution in [1.29, 1.82) is 0 Å². The fourth-order valence-corrected chi connectivity index (χ4v) is 3.17. The van der Waals surface area contributed by atoms with Crippen molar-refractivity contribution in [3.05, 3.63) is 59.2 Å². The maximum atomic E-state index is 12.1. The van der Waals surface area contributed by atoms with E-state index in [1.165, 1.54) is 30.8 Å². The van der Waals surface area contributed by atoms with Crippen LogP contribution in [0.15, 0.2) is 47.4 Å². The molecule has 2 aromatic carbocycles. The number of anilines is 1. The number of hydrogen-bond donors (Lipinski definition) is 3. The zero-order chi connectivity index (χ0) is 20.0. The molecule has 0 heterocycles. The predicted octanol–water partition coefficient (Wildman–Crippen LogP) is 3.24. The van der Waals surface area contributed by atoms with Crippen LogP contribution in [0.3, 0.4) is 0 Å². The molecule has 7 heteroatoms. The first-order valence-electron chi connectivity index (χ1n) is 8.40. The standard InChI is InChI=1S/C20H22N2O4S/c1-12-4-5-13(2)17(10-12)27-11-18(23)22-16-8-6-15(7-9-16)19(24)21-14(3)20(25)26/h4-10,14H,11H2,1-3H3,(H,21,24)(H,22,23)(H,25,26). The molecule has 0 radical (unpaired) electrons. The molecule has 1 atom stereocenters. The largest absolute Gasteiger partial charge is 0.480 e. The molecule has 142 valence electrons. The Morgan fingerprint density at radius 3 is 2.37 bits per heavy atom. The smallest absolute Gasteiger partial charge is 0.325 e. The Hall–Kier alpha value is -2.80. The molecular weight excluding hydrogens is 364 g/mol. The van der Waals surface area contributed by atoms with Crippen LogP contribution >= 0.6 is 11.8 Å². The quantitative estimate of drug-likeness (QED) is 0.635. The van der Waals surface area contributed by atoms with Crippen LogP contribution < -0.4 is 10.6 Å². The second-order valence-electron chi connectivity index (χ2n) is 6.22. The number of aliphatic carboxylic acids is 1. The predicted molar refractivity (Wildman–Crippen MR) is 106 cm³/mol. The lowest BCUT2D eigenvalue weighted by Crippen LogP contribution is -2.38. The number of hydrogen-bond acceptors (Lipinski definition) is 4. The Kier molecular flexibility index (Phi) is 7.01. The van der Waals surface area contributed by atoms with Crippen LogP contribution in [-0.2, 0) is 9.59 Å². The van der Waals surface area contributed by atoms with Crippen molar-refractivity contribution in [1.82, 2.24) is 5.32 Å². The highest BCUT2D eigenvalue weighted by Crippen LogP contribution is 2.23. The molecule has 27 heavy (non-hydrogen) atoms. The van der Waals surface area contributed by atoms with Crippen molar-refractivity contribution in [3.8, 4) is 0 Å². The first kappa shape index (κ1) is 20.5. The summed E-state index contributed by atoms with van der Waals surface area (Å²) >= 11 is 1.47. The van der Waals surface area contributed by atoms with Gasteiger partial charge >= 0.3 is 5.97 Å². The number of aryl methyl sites for hydroxylation is 2. The maximum absolute atomic E-state index is 12.1. The summed E-state index contributed by atoms with van der Waals surface area (Å²) in [4.78, 5) is 35.9. The lowest BCUT2D eigenvalue weighted by molar-refractivity contribution is -0.138. The summed E-state index contributed by atoms with van der Waals surface area (Å²) in [6.45, 7) is 5.41. The van der Waals surface area contributed by atoms with E-state index < -0.39 is 17.9 Å². The van der Waals surface area contributed by atoms with E-state index in [0.29, 0.717) is 11.3 Å². The second-order valence-corrected chi connectivity index (χ2v) is 7.23. The number of thioether (sulfide) groups is 1. The third kappa shape index (κ3) is 6.14. The van der Waals surface area contributed by atoms with Crippen LogP contribution in [0.1, 0.15) is 28.4 Å². The van der Waals surface area contributed by atoms with Crippen LogP contribution in [0.2, 0.25) is 0 Å². The summed E-state index contributed by atoms with van der Waals surface area (Å²) in [5.74, 6) is -1.44. The van der Waals surface area contributed by atoms with E-state index in [2.05, 4.69) is 16.7 Å². The molecule has 2 amide bonds. The van der Waals surface area contributed by atoms with Crippen molar-refractivity contribution in [2.24, 2.45) is 0 Å². The first-order valence-corrected chi connectivity index (χ1v) is 9.38. The van der Waals surface area contributed by atoms with Crippen LogP contribution in [0.4, 0.5) is 5.69 Å². The van der Waals surface area contributed by atoms with Gasteiger partial charge < -0.3 is 15.7 Å². The van der Waals surface area contributed by atoms with E-state index in [1.807, 2.05) is 26.0 Å². The Bertz CT molecular complexity index is 850. The van der Waals surface area contributed by atoms with Crippen molar-refractivity contribution in [3.63, 3.8) is 0 Å². The lowest BCUT2D eigenvalue weighted by atomic mass is 10.2. The van der Waals surface area contributed by atoms with E-state index in [-0.39, 0.29) is 11.7 Å². The summed E-state index contributed by atoms with van der Waals surface area (Å²) in [5.41, 5.74) is 3.18. The van der Waals surface area contributed by atoms with E-state index >= 15 is 0 Å². The molecular formula is C20H22N2O4S. The second kappa shape index (κ2) is 9.23. The highest BCUT2D eigenvalue weighted by atomic mass is 32.2. The summed E-state index contributed by atoms with van der Waals surface area (Å²) in [6, 6.07) is 11.5. The minimum atomic E-state index is -1.10. The number of amides is 2. The minimum absolute atomic E-state index is 0.141. The number of carboxylic acids is 1. The Balaban J connectivity index is 1.90. The molecule has 0 aliphatic carbocycles. The van der Waals surface area contributed by atoms with E-state index in [9.17, 15) is 14.4 Å². The van der Waals surface area contributed by atoms with Gasteiger partial charge in [0, 0.05) is 16.1 Å². The topological polar surface area (TPSA) is 95.5 Å². The summed E-state index contributed by atoms with van der Waals surface area (Å²) in [7, 11) is 0. The molecule has 1 unspecified atom stereocenters. The van der Waals surface area contributed by atoms with Crippen LogP contribution in [-0.4, -0.2) is 34.7 Å². The van der Waals surface area contributed by atoms with E-state index in [4.69, 9.17) is 5.11 Å². The van der Waals surface area contributed by atoms with Crippen molar-refractivity contribution < 1.29 is 19.5 Å². The van der Waals surface area contributed by atoms with Crippen molar-refractivity contribution in [2.45, 2.75) is 31.7 Å². The molecule has 0 saturated heterocycles. The Morgan fingerprint density at radius 1 is 1.07 bits per heavy atom. The summed E-state index contributed by atoms with van der Waals surface area (Å²) < 4.78 is 0. The van der Waals surface area contributed by atoms with E-state index in [0.717, 1.165) is 16.0 Å². The van der Waals surface area contributed by atoms with Crippen LogP contribution in [0, 0.1) is 13.8 Å². The Labute approximate surface area is 162 Å². The fraction of sp³-hybridized carbons (Fsp3) is 0.250. The van der Waals surface area contributed by atoms with Gasteiger partial charge in [-0.25, -0.2) is 0 Å². The van der Waals surface area contributed by atoms with Gasteiger partial charge in [-0.15, -0.1) is 11.8 Å². The number of nitrogens with one attached hydrogen (secondary N) is 2. The molecule has 0 spiro atoms. The lowest BCUT2D eigenvalue weighted by Gasteiger charge is -2.10. The average molecular weight is 386 g/mol. The third-order valence-corrected chi connectivity index (χ3v) is 5.01. The first-order chi connectivity index (χ1) is 12.8. The molecule has 0 bridgehead atoms. The number of benzene rings is 2. The molecule has 0 aromatic heterocycles. The molecule has 2 rings (SSSR count). The van der Waals surface area contributed by atoms with Gasteiger partial charge in [-0.2, -0.15) is 0 Å². The van der Waals surface area contributed by atoms with Gasteiger partial charge in [0.25, 0.3) is 5.91 Å². The van der Waals surface area contributed by atoms with Gasteiger partial charge in [-0.05, 0) is 56.7 Å². The van der Waals surface area contributed by atoms with Gasteiger partial charge in [0.05, 0.1) is 5.75 Å². The van der Waals surface area contributed by atoms with Gasteiger partial charge in [0.15, 0.2) is 0 Å². The highest BCUT2D eigenvalue weighted by molar-refractivity contribution is 8.00. The maximum Gasteiger partial charge on any atom is 0.325 e. The number of carbonyl (C=O) groups is 3. The molecule has 0 aliphatic heterocycles. The SMILES string of the molecule is Cc1ccc(C)c(SCC(=O)Nc2ccc(C(=O)NC(C)C(=O)O)cc2)c1. The monoisotopic (exact) mass is 386 g/mol. The zero-order valence-electron chi connectivity index (χ0n) is 15.4. The number of rotatable bonds is 7. The molecule has 6 nitrogen and oxygen atoms in total.